The zero-order valence-corrected chi connectivity index (χ0v) is 12.6. The maximum Gasteiger partial charge on any atom is 0.309 e. The van der Waals surface area contributed by atoms with Crippen LogP contribution in [0, 0.1) is 12.3 Å². The number of ether oxygens (including phenoxy) is 2. The molecule has 0 atom stereocenters. The van der Waals surface area contributed by atoms with Crippen molar-refractivity contribution in [1.29, 1.82) is 0 Å². The predicted molar refractivity (Wildman–Crippen MR) is 74.4 cm³/mol. The van der Waals surface area contributed by atoms with Crippen molar-refractivity contribution < 1.29 is 19.4 Å². The minimum Gasteiger partial charge on any atom is -0.493 e. The lowest BCUT2D eigenvalue weighted by atomic mass is 9.85. The summed E-state index contributed by atoms with van der Waals surface area (Å²) in [6.07, 6.45) is 0.266. The third kappa shape index (κ3) is 3.13. The summed E-state index contributed by atoms with van der Waals surface area (Å²) in [5.74, 6) is 0.166. The van der Waals surface area contributed by atoms with Crippen LogP contribution in [-0.2, 0) is 11.2 Å². The van der Waals surface area contributed by atoms with E-state index >= 15 is 0 Å². The lowest BCUT2D eigenvalue weighted by Gasteiger charge is -2.23. The number of benzene rings is 1. The number of aliphatic carboxylic acids is 1. The average molecular weight is 287 g/mol. The molecule has 1 rings (SSSR count). The second-order valence-corrected chi connectivity index (χ2v) is 5.47. The molecule has 1 aromatic rings. The Hall–Kier alpha value is -1.42. The fraction of sp³-hybridized carbons (Fsp3) is 0.500. The van der Waals surface area contributed by atoms with E-state index in [2.05, 4.69) is 0 Å². The van der Waals surface area contributed by atoms with Crippen molar-refractivity contribution in [3.05, 3.63) is 22.2 Å². The monoisotopic (exact) mass is 286 g/mol. The maximum atomic E-state index is 11.3. The summed E-state index contributed by atoms with van der Waals surface area (Å²) in [5, 5.41) is 9.76. The van der Waals surface area contributed by atoms with Crippen LogP contribution in [0.5, 0.6) is 11.5 Å². The summed E-state index contributed by atoms with van der Waals surface area (Å²) >= 11 is 6.29. The number of aryl methyl sites for hydroxylation is 1. The van der Waals surface area contributed by atoms with Gasteiger partial charge in [0, 0.05) is 5.56 Å². The highest BCUT2D eigenvalue weighted by molar-refractivity contribution is 6.32. The molecule has 0 aromatic heterocycles. The first kappa shape index (κ1) is 15.6. The first-order chi connectivity index (χ1) is 8.74. The van der Waals surface area contributed by atoms with Crippen molar-refractivity contribution in [3.8, 4) is 11.5 Å². The molecule has 1 N–H and O–H groups in total. The van der Waals surface area contributed by atoms with E-state index in [1.807, 2.05) is 6.92 Å². The Morgan fingerprint density at radius 2 is 1.95 bits per heavy atom. The molecule has 1 aromatic carbocycles. The predicted octanol–water partition coefficient (Wildman–Crippen LogP) is 3.32. The molecule has 0 amide bonds. The lowest BCUT2D eigenvalue weighted by Crippen LogP contribution is -2.26. The van der Waals surface area contributed by atoms with Gasteiger partial charge in [0.25, 0.3) is 0 Å². The van der Waals surface area contributed by atoms with Gasteiger partial charge in [-0.15, -0.1) is 0 Å². The molecule has 4 nitrogen and oxygen atoms in total. The van der Waals surface area contributed by atoms with Crippen LogP contribution in [-0.4, -0.2) is 25.3 Å². The number of halogens is 1. The van der Waals surface area contributed by atoms with Gasteiger partial charge in [-0.25, -0.2) is 0 Å². The summed E-state index contributed by atoms with van der Waals surface area (Å²) in [7, 11) is 3.05. The van der Waals surface area contributed by atoms with E-state index < -0.39 is 11.4 Å². The molecule has 106 valence electrons. The summed E-state index contributed by atoms with van der Waals surface area (Å²) in [5.41, 5.74) is 0.555. The minimum atomic E-state index is -0.935. The highest BCUT2D eigenvalue weighted by atomic mass is 35.5. The van der Waals surface area contributed by atoms with Crippen molar-refractivity contribution >= 4 is 17.6 Å². The number of methoxy groups -OCH3 is 2. The molecule has 0 fully saturated rings. The molecule has 0 bridgehead atoms. The number of carbonyl (C=O) groups is 1. The third-order valence-corrected chi connectivity index (χ3v) is 3.60. The standard InChI is InChI=1S/C14H19ClO4/c1-8-6-10(18-4)12(19-5)9(11(8)15)7-14(2,3)13(16)17/h6H,7H2,1-5H3,(H,16,17). The van der Waals surface area contributed by atoms with E-state index in [4.69, 9.17) is 21.1 Å². The number of rotatable bonds is 5. The van der Waals surface area contributed by atoms with Gasteiger partial charge in [-0.1, -0.05) is 11.6 Å². The molecular weight excluding hydrogens is 268 g/mol. The number of carboxylic acid groups (broad SMARTS) is 1. The number of hydrogen-bond acceptors (Lipinski definition) is 3. The molecule has 5 heteroatoms. The Kier molecular flexibility index (Phi) is 4.69. The SMILES string of the molecule is COc1cc(C)c(Cl)c(CC(C)(C)C(=O)O)c1OC. The van der Waals surface area contributed by atoms with E-state index in [-0.39, 0.29) is 6.42 Å². The molecule has 0 spiro atoms. The smallest absolute Gasteiger partial charge is 0.309 e. The number of carboxylic acids is 1. The first-order valence-corrected chi connectivity index (χ1v) is 6.25. The van der Waals surface area contributed by atoms with Gasteiger partial charge in [0.15, 0.2) is 11.5 Å². The molecule has 0 aliphatic heterocycles. The molecule has 0 heterocycles. The highest BCUT2D eigenvalue weighted by Crippen LogP contribution is 2.41. The van der Waals surface area contributed by atoms with Crippen LogP contribution in [0.3, 0.4) is 0 Å². The average Bonchev–Trinajstić information content (AvgIpc) is 2.34. The van der Waals surface area contributed by atoms with Crippen LogP contribution < -0.4 is 9.47 Å². The molecule has 0 unspecified atom stereocenters. The van der Waals surface area contributed by atoms with Crippen molar-refractivity contribution in [2.24, 2.45) is 5.41 Å². The fourth-order valence-electron chi connectivity index (χ4n) is 1.86. The quantitative estimate of drug-likeness (QED) is 0.902. The van der Waals surface area contributed by atoms with Gasteiger partial charge < -0.3 is 14.6 Å². The number of hydrogen-bond donors (Lipinski definition) is 1. The van der Waals surface area contributed by atoms with Gasteiger partial charge in [-0.2, -0.15) is 0 Å². The van der Waals surface area contributed by atoms with Gasteiger partial charge in [-0.05, 0) is 38.8 Å². The molecule has 0 radical (unpaired) electrons. The molecule has 19 heavy (non-hydrogen) atoms. The molecular formula is C14H19ClO4. The largest absolute Gasteiger partial charge is 0.493 e. The van der Waals surface area contributed by atoms with E-state index in [0.717, 1.165) is 5.56 Å². The Labute approximate surface area is 118 Å². The maximum absolute atomic E-state index is 11.3. The Morgan fingerprint density at radius 3 is 2.37 bits per heavy atom. The van der Waals surface area contributed by atoms with E-state index in [9.17, 15) is 9.90 Å². The van der Waals surface area contributed by atoms with Crippen LogP contribution in [0.2, 0.25) is 5.02 Å². The Morgan fingerprint density at radius 1 is 1.37 bits per heavy atom. The van der Waals surface area contributed by atoms with Crippen LogP contribution in [0.15, 0.2) is 6.07 Å². The molecule has 0 saturated carbocycles. The van der Waals surface area contributed by atoms with Crippen molar-refractivity contribution in [2.75, 3.05) is 14.2 Å². The second kappa shape index (κ2) is 5.70. The summed E-state index contributed by atoms with van der Waals surface area (Å²) in [6.45, 7) is 5.15. The lowest BCUT2D eigenvalue weighted by molar-refractivity contribution is -0.146. The first-order valence-electron chi connectivity index (χ1n) is 5.88. The zero-order chi connectivity index (χ0) is 14.8. The van der Waals surface area contributed by atoms with Gasteiger partial charge in [0.1, 0.15) is 0 Å². The van der Waals surface area contributed by atoms with Gasteiger partial charge in [-0.3, -0.25) is 4.79 Å². The van der Waals surface area contributed by atoms with Crippen LogP contribution in [0.4, 0.5) is 0 Å². The highest BCUT2D eigenvalue weighted by Gasteiger charge is 2.31. The van der Waals surface area contributed by atoms with E-state index in [1.54, 1.807) is 19.9 Å². The molecule has 0 saturated heterocycles. The van der Waals surface area contributed by atoms with E-state index in [0.29, 0.717) is 22.1 Å². The van der Waals surface area contributed by atoms with Gasteiger partial charge in [0.2, 0.25) is 0 Å². The third-order valence-electron chi connectivity index (χ3n) is 3.08. The van der Waals surface area contributed by atoms with Crippen molar-refractivity contribution in [1.82, 2.24) is 0 Å². The molecule has 0 aliphatic rings. The second-order valence-electron chi connectivity index (χ2n) is 5.09. The van der Waals surface area contributed by atoms with Gasteiger partial charge in [0.05, 0.1) is 24.7 Å². The van der Waals surface area contributed by atoms with Crippen LogP contribution >= 0.6 is 11.6 Å². The van der Waals surface area contributed by atoms with Gasteiger partial charge >= 0.3 is 5.97 Å². The Balaban J connectivity index is 3.40. The molecule has 0 aliphatic carbocycles. The van der Waals surface area contributed by atoms with Crippen LogP contribution in [0.1, 0.15) is 25.0 Å². The summed E-state index contributed by atoms with van der Waals surface area (Å²) < 4.78 is 10.6. The van der Waals surface area contributed by atoms with Crippen LogP contribution in [0.25, 0.3) is 0 Å². The minimum absolute atomic E-state index is 0.266. The topological polar surface area (TPSA) is 55.8 Å². The summed E-state index contributed by atoms with van der Waals surface area (Å²) in [6, 6.07) is 1.78. The fourth-order valence-corrected chi connectivity index (χ4v) is 2.07. The summed E-state index contributed by atoms with van der Waals surface area (Å²) in [4.78, 5) is 11.3. The Bertz CT molecular complexity index is 495. The zero-order valence-electron chi connectivity index (χ0n) is 11.8. The van der Waals surface area contributed by atoms with Crippen molar-refractivity contribution in [3.63, 3.8) is 0 Å². The normalized spacial score (nSPS) is 11.3. The van der Waals surface area contributed by atoms with E-state index in [1.165, 1.54) is 14.2 Å². The van der Waals surface area contributed by atoms with Crippen molar-refractivity contribution in [2.45, 2.75) is 27.2 Å².